The number of imidazole rings is 1. The smallest absolute Gasteiger partial charge is 0.269 e. The zero-order chi connectivity index (χ0) is 18.6. The van der Waals surface area contributed by atoms with E-state index in [4.69, 9.17) is 4.74 Å². The molecule has 4 rings (SSSR count). The summed E-state index contributed by atoms with van der Waals surface area (Å²) in [6.45, 7) is 0.376. The minimum absolute atomic E-state index is 0.0326. The topological polar surface area (TPSA) is 70.2 Å². The van der Waals surface area contributed by atoms with Crippen LogP contribution in [0.4, 0.5) is 5.69 Å². The van der Waals surface area contributed by atoms with E-state index in [2.05, 4.69) is 4.98 Å². The van der Waals surface area contributed by atoms with E-state index in [-0.39, 0.29) is 5.69 Å². The number of hydrogen-bond donors (Lipinski definition) is 0. The fraction of sp³-hybridized carbons (Fsp3) is 0.0952. The summed E-state index contributed by atoms with van der Waals surface area (Å²) in [5, 5.41) is 11.2. The maximum Gasteiger partial charge on any atom is 0.269 e. The maximum atomic E-state index is 11.2. The van der Waals surface area contributed by atoms with Gasteiger partial charge in [-0.2, -0.15) is 0 Å². The van der Waals surface area contributed by atoms with Crippen LogP contribution in [0.25, 0.3) is 11.0 Å². The van der Waals surface area contributed by atoms with Crippen LogP contribution < -0.4 is 0 Å². The predicted molar refractivity (Wildman–Crippen MR) is 102 cm³/mol. The average molecular weight is 359 g/mol. The van der Waals surface area contributed by atoms with Gasteiger partial charge in [0.2, 0.25) is 0 Å². The summed E-state index contributed by atoms with van der Waals surface area (Å²) in [5.41, 5.74) is 3.50. The SMILES string of the molecule is O=[N+]([O-])c1cccc(C(OCc2ccccc2)n2cnc3ccccc32)c1. The van der Waals surface area contributed by atoms with Gasteiger partial charge in [-0.05, 0) is 17.7 Å². The monoisotopic (exact) mass is 359 g/mol. The summed E-state index contributed by atoms with van der Waals surface area (Å²) in [5.74, 6) is 0. The lowest BCUT2D eigenvalue weighted by atomic mass is 10.1. The van der Waals surface area contributed by atoms with Gasteiger partial charge < -0.3 is 4.74 Å². The molecular weight excluding hydrogens is 342 g/mol. The first-order valence-corrected chi connectivity index (χ1v) is 8.54. The van der Waals surface area contributed by atoms with Gasteiger partial charge in [0.25, 0.3) is 5.69 Å². The van der Waals surface area contributed by atoms with Crippen molar-refractivity contribution < 1.29 is 9.66 Å². The number of fused-ring (bicyclic) bond motifs is 1. The summed E-state index contributed by atoms with van der Waals surface area (Å²) >= 11 is 0. The number of nitrogens with zero attached hydrogens (tertiary/aromatic N) is 3. The van der Waals surface area contributed by atoms with E-state index in [0.29, 0.717) is 12.2 Å². The van der Waals surface area contributed by atoms with E-state index in [1.807, 2.05) is 65.2 Å². The van der Waals surface area contributed by atoms with Crippen molar-refractivity contribution in [2.24, 2.45) is 0 Å². The third-order valence-electron chi connectivity index (χ3n) is 4.35. The van der Waals surface area contributed by atoms with Gasteiger partial charge in [-0.15, -0.1) is 0 Å². The molecule has 0 saturated carbocycles. The molecule has 3 aromatic carbocycles. The number of ether oxygens (including phenoxy) is 1. The number of non-ortho nitro benzene ring substituents is 1. The molecule has 0 amide bonds. The Labute approximate surface area is 155 Å². The number of benzene rings is 3. The first kappa shape index (κ1) is 16.9. The second kappa shape index (κ2) is 7.39. The average Bonchev–Trinajstić information content (AvgIpc) is 3.13. The van der Waals surface area contributed by atoms with E-state index in [1.165, 1.54) is 6.07 Å². The van der Waals surface area contributed by atoms with E-state index < -0.39 is 11.2 Å². The zero-order valence-electron chi connectivity index (χ0n) is 14.4. The van der Waals surface area contributed by atoms with Gasteiger partial charge in [-0.1, -0.05) is 54.6 Å². The Morgan fingerprint density at radius 1 is 1.00 bits per heavy atom. The van der Waals surface area contributed by atoms with E-state index >= 15 is 0 Å². The summed E-state index contributed by atoms with van der Waals surface area (Å²) < 4.78 is 8.10. The molecular formula is C21H17N3O3. The Hall–Kier alpha value is -3.51. The third kappa shape index (κ3) is 3.56. The lowest BCUT2D eigenvalue weighted by molar-refractivity contribution is -0.385. The van der Waals surface area contributed by atoms with Gasteiger partial charge in [0.15, 0.2) is 6.23 Å². The molecule has 0 aliphatic rings. The van der Waals surface area contributed by atoms with Crippen molar-refractivity contribution in [2.45, 2.75) is 12.8 Å². The first-order chi connectivity index (χ1) is 13.2. The van der Waals surface area contributed by atoms with E-state index in [9.17, 15) is 10.1 Å². The third-order valence-corrected chi connectivity index (χ3v) is 4.35. The highest BCUT2D eigenvalue weighted by Crippen LogP contribution is 2.28. The molecule has 1 atom stereocenters. The zero-order valence-corrected chi connectivity index (χ0v) is 14.4. The van der Waals surface area contributed by atoms with E-state index in [1.54, 1.807) is 18.5 Å². The highest BCUT2D eigenvalue weighted by molar-refractivity contribution is 5.75. The fourth-order valence-electron chi connectivity index (χ4n) is 3.04. The van der Waals surface area contributed by atoms with Crippen molar-refractivity contribution in [3.05, 3.63) is 106 Å². The first-order valence-electron chi connectivity index (χ1n) is 8.54. The molecule has 0 aliphatic heterocycles. The van der Waals surface area contributed by atoms with Gasteiger partial charge in [-0.3, -0.25) is 14.7 Å². The molecule has 0 saturated heterocycles. The number of aromatic nitrogens is 2. The van der Waals surface area contributed by atoms with Crippen LogP contribution >= 0.6 is 0 Å². The molecule has 0 fully saturated rings. The van der Waals surface area contributed by atoms with Gasteiger partial charge in [0.1, 0.15) is 0 Å². The highest BCUT2D eigenvalue weighted by Gasteiger charge is 2.19. The largest absolute Gasteiger partial charge is 0.349 e. The van der Waals surface area contributed by atoms with Crippen molar-refractivity contribution in [3.8, 4) is 0 Å². The molecule has 1 unspecified atom stereocenters. The van der Waals surface area contributed by atoms with Crippen LogP contribution in [0.1, 0.15) is 17.4 Å². The minimum atomic E-state index is -0.530. The molecule has 4 aromatic rings. The molecule has 27 heavy (non-hydrogen) atoms. The standard InChI is InChI=1S/C21H17N3O3/c25-24(26)18-10-6-9-17(13-18)21(27-14-16-7-2-1-3-8-16)23-15-22-19-11-4-5-12-20(19)23/h1-13,15,21H,14H2. The van der Waals surface area contributed by atoms with Crippen molar-refractivity contribution in [3.63, 3.8) is 0 Å². The van der Waals surface area contributed by atoms with Crippen LogP contribution in [-0.2, 0) is 11.3 Å². The van der Waals surface area contributed by atoms with Crippen LogP contribution in [0, 0.1) is 10.1 Å². The number of nitro benzene ring substituents is 1. The van der Waals surface area contributed by atoms with Crippen molar-refractivity contribution in [1.29, 1.82) is 0 Å². The highest BCUT2D eigenvalue weighted by atomic mass is 16.6. The molecule has 0 aliphatic carbocycles. The molecule has 6 nitrogen and oxygen atoms in total. The number of hydrogen-bond acceptors (Lipinski definition) is 4. The molecule has 0 radical (unpaired) electrons. The molecule has 0 spiro atoms. The second-order valence-electron chi connectivity index (χ2n) is 6.14. The van der Waals surface area contributed by atoms with Gasteiger partial charge in [0, 0.05) is 17.7 Å². The Morgan fingerprint density at radius 2 is 1.78 bits per heavy atom. The van der Waals surface area contributed by atoms with Crippen molar-refractivity contribution in [1.82, 2.24) is 9.55 Å². The lowest BCUT2D eigenvalue weighted by Crippen LogP contribution is -2.14. The van der Waals surface area contributed by atoms with Crippen molar-refractivity contribution >= 4 is 16.7 Å². The van der Waals surface area contributed by atoms with E-state index in [0.717, 1.165) is 16.6 Å². The Balaban J connectivity index is 1.75. The van der Waals surface area contributed by atoms with Crippen molar-refractivity contribution in [2.75, 3.05) is 0 Å². The molecule has 134 valence electrons. The fourth-order valence-corrected chi connectivity index (χ4v) is 3.04. The Kier molecular flexibility index (Phi) is 4.63. The molecule has 0 bridgehead atoms. The summed E-state index contributed by atoms with van der Waals surface area (Å²) in [6, 6.07) is 24.1. The number of rotatable bonds is 6. The normalized spacial score (nSPS) is 12.1. The molecule has 1 aromatic heterocycles. The van der Waals surface area contributed by atoms with Crippen LogP contribution in [0.3, 0.4) is 0 Å². The minimum Gasteiger partial charge on any atom is -0.349 e. The summed E-state index contributed by atoms with van der Waals surface area (Å²) in [6.07, 6.45) is 1.18. The predicted octanol–water partition coefficient (Wildman–Crippen LogP) is 4.71. The Morgan fingerprint density at radius 3 is 2.59 bits per heavy atom. The van der Waals surface area contributed by atoms with Gasteiger partial charge in [0.05, 0.1) is 28.9 Å². The molecule has 6 heteroatoms. The van der Waals surface area contributed by atoms with Crippen LogP contribution in [-0.4, -0.2) is 14.5 Å². The Bertz CT molecular complexity index is 1080. The van der Waals surface area contributed by atoms with Crippen LogP contribution in [0.2, 0.25) is 0 Å². The van der Waals surface area contributed by atoms with Gasteiger partial charge in [-0.25, -0.2) is 4.98 Å². The lowest BCUT2D eigenvalue weighted by Gasteiger charge is -2.21. The second-order valence-corrected chi connectivity index (χ2v) is 6.14. The molecule has 0 N–H and O–H groups in total. The summed E-state index contributed by atoms with van der Waals surface area (Å²) in [4.78, 5) is 15.2. The number of nitro groups is 1. The summed E-state index contributed by atoms with van der Waals surface area (Å²) in [7, 11) is 0. The van der Waals surface area contributed by atoms with Crippen LogP contribution in [0.15, 0.2) is 85.2 Å². The molecule has 1 heterocycles. The quantitative estimate of drug-likeness (QED) is 0.369. The number of para-hydroxylation sites is 2. The maximum absolute atomic E-state index is 11.2. The van der Waals surface area contributed by atoms with Crippen LogP contribution in [0.5, 0.6) is 0 Å². The van der Waals surface area contributed by atoms with Gasteiger partial charge >= 0.3 is 0 Å².